The number of nitrogens with zero attached hydrogens (tertiary/aromatic N) is 1. The number of benzene rings is 1. The van der Waals surface area contributed by atoms with E-state index in [2.05, 4.69) is 0 Å². The van der Waals surface area contributed by atoms with Crippen LogP contribution in [0.25, 0.3) is 0 Å². The second-order valence-electron chi connectivity index (χ2n) is 4.38. The van der Waals surface area contributed by atoms with Gasteiger partial charge in [-0.3, -0.25) is 9.59 Å². The minimum atomic E-state index is -0.424. The van der Waals surface area contributed by atoms with E-state index in [0.717, 1.165) is 6.42 Å². The number of amides is 1. The number of carbonyl (C=O) groups is 2. The van der Waals surface area contributed by atoms with Crippen LogP contribution in [0.3, 0.4) is 0 Å². The van der Waals surface area contributed by atoms with E-state index in [0.29, 0.717) is 22.9 Å². The van der Waals surface area contributed by atoms with Gasteiger partial charge in [0.15, 0.2) is 0 Å². The van der Waals surface area contributed by atoms with Gasteiger partial charge in [-0.15, -0.1) is 0 Å². The predicted molar refractivity (Wildman–Crippen MR) is 80.8 cm³/mol. The van der Waals surface area contributed by atoms with E-state index in [1.165, 1.54) is 12.0 Å². The van der Waals surface area contributed by atoms with Crippen LogP contribution in [0.15, 0.2) is 18.2 Å². The Balaban J connectivity index is 2.97. The molecule has 0 fully saturated rings. The third kappa shape index (κ3) is 4.93. The lowest BCUT2D eigenvalue weighted by Crippen LogP contribution is -2.37. The number of hydrogen-bond acceptors (Lipinski definition) is 4. The molecule has 0 aliphatic rings. The van der Waals surface area contributed by atoms with E-state index in [-0.39, 0.29) is 19.1 Å². The fourth-order valence-electron chi connectivity index (χ4n) is 1.90. The van der Waals surface area contributed by atoms with Gasteiger partial charge in [-0.1, -0.05) is 18.5 Å². The zero-order chi connectivity index (χ0) is 15.8. The summed E-state index contributed by atoms with van der Waals surface area (Å²) >= 11 is 5.89. The molecule has 0 heterocycles. The van der Waals surface area contributed by atoms with Crippen molar-refractivity contribution in [1.29, 1.82) is 0 Å². The maximum absolute atomic E-state index is 12.6. The van der Waals surface area contributed by atoms with Gasteiger partial charge in [0.05, 0.1) is 19.3 Å². The third-order valence-electron chi connectivity index (χ3n) is 2.80. The van der Waals surface area contributed by atoms with Crippen molar-refractivity contribution in [3.8, 4) is 5.75 Å². The van der Waals surface area contributed by atoms with E-state index in [9.17, 15) is 9.59 Å². The Labute approximate surface area is 129 Å². The molecule has 1 aromatic carbocycles. The number of ether oxygens (including phenoxy) is 2. The molecule has 0 aliphatic heterocycles. The molecule has 116 valence electrons. The van der Waals surface area contributed by atoms with Crippen LogP contribution < -0.4 is 4.74 Å². The van der Waals surface area contributed by atoms with Gasteiger partial charge in [0.2, 0.25) is 0 Å². The molecule has 21 heavy (non-hydrogen) atoms. The normalized spacial score (nSPS) is 10.1. The Morgan fingerprint density at radius 3 is 2.57 bits per heavy atom. The van der Waals surface area contributed by atoms with Gasteiger partial charge in [0.1, 0.15) is 12.3 Å². The molecule has 0 saturated heterocycles. The first-order valence-electron chi connectivity index (χ1n) is 6.81. The molecule has 0 unspecified atom stereocenters. The van der Waals surface area contributed by atoms with Crippen LogP contribution in [-0.2, 0) is 9.53 Å². The first-order chi connectivity index (χ1) is 10.0. The Morgan fingerprint density at radius 2 is 2.00 bits per heavy atom. The summed E-state index contributed by atoms with van der Waals surface area (Å²) in [5.41, 5.74) is 0.375. The first kappa shape index (κ1) is 17.3. The highest BCUT2D eigenvalue weighted by Crippen LogP contribution is 2.24. The largest absolute Gasteiger partial charge is 0.496 e. The highest BCUT2D eigenvalue weighted by Gasteiger charge is 2.22. The maximum Gasteiger partial charge on any atom is 0.325 e. The Morgan fingerprint density at radius 1 is 1.29 bits per heavy atom. The van der Waals surface area contributed by atoms with Gasteiger partial charge >= 0.3 is 5.97 Å². The monoisotopic (exact) mass is 313 g/mol. The van der Waals surface area contributed by atoms with E-state index in [1.807, 2.05) is 6.92 Å². The Kier molecular flexibility index (Phi) is 7.02. The summed E-state index contributed by atoms with van der Waals surface area (Å²) in [5, 5.41) is 0.482. The third-order valence-corrected chi connectivity index (χ3v) is 3.04. The van der Waals surface area contributed by atoms with Crippen molar-refractivity contribution in [3.63, 3.8) is 0 Å². The van der Waals surface area contributed by atoms with Gasteiger partial charge < -0.3 is 14.4 Å². The fourth-order valence-corrected chi connectivity index (χ4v) is 2.06. The van der Waals surface area contributed by atoms with Crippen molar-refractivity contribution >= 4 is 23.5 Å². The lowest BCUT2D eigenvalue weighted by Gasteiger charge is -2.22. The Hall–Kier alpha value is -1.75. The number of rotatable bonds is 7. The van der Waals surface area contributed by atoms with E-state index in [4.69, 9.17) is 21.1 Å². The van der Waals surface area contributed by atoms with Crippen LogP contribution in [0.2, 0.25) is 5.02 Å². The first-order valence-corrected chi connectivity index (χ1v) is 7.19. The maximum atomic E-state index is 12.6. The molecule has 5 nitrogen and oxygen atoms in total. The van der Waals surface area contributed by atoms with Gasteiger partial charge in [0, 0.05) is 11.6 Å². The highest BCUT2D eigenvalue weighted by atomic mass is 35.5. The minimum absolute atomic E-state index is 0.0771. The SMILES string of the molecule is CCCN(CC(=O)OCC)C(=O)c1ccc(Cl)cc1OC. The van der Waals surface area contributed by atoms with Crippen molar-refractivity contribution in [3.05, 3.63) is 28.8 Å². The van der Waals surface area contributed by atoms with Crippen molar-refractivity contribution < 1.29 is 19.1 Å². The van der Waals surface area contributed by atoms with Crippen molar-refractivity contribution in [1.82, 2.24) is 4.90 Å². The summed E-state index contributed by atoms with van der Waals surface area (Å²) < 4.78 is 10.1. The second-order valence-corrected chi connectivity index (χ2v) is 4.81. The number of halogens is 1. The Bertz CT molecular complexity index is 504. The van der Waals surface area contributed by atoms with Crippen molar-refractivity contribution in [2.45, 2.75) is 20.3 Å². The molecule has 6 heteroatoms. The number of methoxy groups -OCH3 is 1. The molecule has 0 radical (unpaired) electrons. The van der Waals surface area contributed by atoms with E-state index in [1.54, 1.807) is 25.1 Å². The smallest absolute Gasteiger partial charge is 0.325 e. The topological polar surface area (TPSA) is 55.8 Å². The van der Waals surface area contributed by atoms with Crippen LogP contribution in [0.1, 0.15) is 30.6 Å². The summed E-state index contributed by atoms with van der Waals surface area (Å²) in [6.45, 7) is 4.34. The highest BCUT2D eigenvalue weighted by molar-refractivity contribution is 6.30. The molecule has 0 aromatic heterocycles. The van der Waals surface area contributed by atoms with Crippen LogP contribution in [0.4, 0.5) is 0 Å². The van der Waals surface area contributed by atoms with E-state index < -0.39 is 5.97 Å². The van der Waals surface area contributed by atoms with Gasteiger partial charge in [-0.25, -0.2) is 0 Å². The molecule has 0 aliphatic carbocycles. The summed E-state index contributed by atoms with van der Waals surface area (Å²) in [7, 11) is 1.47. The number of carbonyl (C=O) groups excluding carboxylic acids is 2. The zero-order valence-corrected chi connectivity index (χ0v) is 13.3. The second kappa shape index (κ2) is 8.52. The summed E-state index contributed by atoms with van der Waals surface area (Å²) in [6, 6.07) is 4.78. The lowest BCUT2D eigenvalue weighted by atomic mass is 10.1. The molecule has 0 atom stereocenters. The van der Waals surface area contributed by atoms with Crippen LogP contribution in [0.5, 0.6) is 5.75 Å². The van der Waals surface area contributed by atoms with Gasteiger partial charge in [-0.2, -0.15) is 0 Å². The molecular formula is C15H20ClNO4. The molecule has 1 rings (SSSR count). The molecule has 0 saturated carbocycles. The molecule has 0 N–H and O–H groups in total. The van der Waals surface area contributed by atoms with Gasteiger partial charge in [-0.05, 0) is 31.5 Å². The molecule has 0 bridgehead atoms. The lowest BCUT2D eigenvalue weighted by molar-refractivity contribution is -0.143. The minimum Gasteiger partial charge on any atom is -0.496 e. The number of hydrogen-bond donors (Lipinski definition) is 0. The average Bonchev–Trinajstić information content (AvgIpc) is 2.46. The summed E-state index contributed by atoms with van der Waals surface area (Å²) in [4.78, 5) is 25.6. The molecular weight excluding hydrogens is 294 g/mol. The van der Waals surface area contributed by atoms with Crippen LogP contribution >= 0.6 is 11.6 Å². The summed E-state index contributed by atoms with van der Waals surface area (Å²) in [5.74, 6) is -0.317. The quantitative estimate of drug-likeness (QED) is 0.726. The van der Waals surface area contributed by atoms with Crippen LogP contribution in [0, 0.1) is 0 Å². The number of esters is 1. The van der Waals surface area contributed by atoms with Crippen LogP contribution in [-0.4, -0.2) is 43.6 Å². The fraction of sp³-hybridized carbons (Fsp3) is 0.467. The summed E-state index contributed by atoms with van der Waals surface area (Å²) in [6.07, 6.45) is 0.737. The predicted octanol–water partition coefficient (Wildman–Crippen LogP) is 2.76. The van der Waals surface area contributed by atoms with E-state index >= 15 is 0 Å². The van der Waals surface area contributed by atoms with Crippen molar-refractivity contribution in [2.75, 3.05) is 26.8 Å². The van der Waals surface area contributed by atoms with Crippen molar-refractivity contribution in [2.24, 2.45) is 0 Å². The van der Waals surface area contributed by atoms with Gasteiger partial charge in [0.25, 0.3) is 5.91 Å². The molecule has 1 amide bonds. The zero-order valence-electron chi connectivity index (χ0n) is 12.5. The standard InChI is InChI=1S/C15H20ClNO4/c1-4-8-17(10-14(18)21-5-2)15(19)12-7-6-11(16)9-13(12)20-3/h6-7,9H,4-5,8,10H2,1-3H3. The average molecular weight is 314 g/mol. The molecule has 0 spiro atoms. The molecule has 1 aromatic rings.